The number of benzene rings is 7. The van der Waals surface area contributed by atoms with Crippen molar-refractivity contribution < 1.29 is 0 Å². The van der Waals surface area contributed by atoms with Gasteiger partial charge in [0.15, 0.2) is 0 Å². The smallest absolute Gasteiger partial charge is 0.234 e. The van der Waals surface area contributed by atoms with Crippen LogP contribution in [0.3, 0.4) is 0 Å². The molecule has 7 aromatic carbocycles. The molecule has 0 aliphatic heterocycles. The van der Waals surface area contributed by atoms with Gasteiger partial charge in [-0.05, 0) is 82.1 Å². The van der Waals surface area contributed by atoms with Gasteiger partial charge in [-0.1, -0.05) is 115 Å². The second-order valence-electron chi connectivity index (χ2n) is 12.0. The molecule has 9 rings (SSSR count). The molecule has 0 saturated carbocycles. The molecule has 48 heavy (non-hydrogen) atoms. The number of hydrogen-bond acceptors (Lipinski definition) is 3. The predicted molar refractivity (Wildman–Crippen MR) is 199 cm³/mol. The molecule has 0 radical (unpaired) electrons. The molecule has 0 bridgehead atoms. The Hall–Kier alpha value is -6.52. The van der Waals surface area contributed by atoms with Gasteiger partial charge in [0.2, 0.25) is 5.95 Å². The Morgan fingerprint density at radius 2 is 1.00 bits per heavy atom. The van der Waals surface area contributed by atoms with E-state index in [0.717, 1.165) is 39.3 Å². The van der Waals surface area contributed by atoms with Crippen molar-refractivity contribution in [2.24, 2.45) is 0 Å². The van der Waals surface area contributed by atoms with Crippen LogP contribution < -0.4 is 4.90 Å². The summed E-state index contributed by atoms with van der Waals surface area (Å²) in [7, 11) is 0. The topological polar surface area (TPSA) is 34.0 Å². The summed E-state index contributed by atoms with van der Waals surface area (Å²) in [6.45, 7) is 0. The number of fused-ring (bicyclic) bond motifs is 4. The molecule has 0 spiro atoms. The molecule has 2 aromatic heterocycles. The van der Waals surface area contributed by atoms with E-state index in [1.807, 2.05) is 30.6 Å². The minimum Gasteiger partial charge on any atom is -0.309 e. The lowest BCUT2D eigenvalue weighted by Crippen LogP contribution is -2.13. The molecule has 0 aliphatic carbocycles. The molecule has 0 N–H and O–H groups in total. The maximum atomic E-state index is 4.93. The van der Waals surface area contributed by atoms with Crippen LogP contribution in [0.4, 0.5) is 17.3 Å². The lowest BCUT2D eigenvalue weighted by Gasteiger charge is -2.24. The van der Waals surface area contributed by atoms with E-state index in [4.69, 9.17) is 9.97 Å². The van der Waals surface area contributed by atoms with Gasteiger partial charge in [0.05, 0.1) is 11.0 Å². The standard InChI is InChI=1S/C44H30N4/c1-3-11-31(12-4-1)36-29-45-44(46-30-36)47(38-23-21-33(22-24-38)35-20-19-32-13-7-8-14-34(32)27-35)39-25-26-43-41(28-39)40-17-9-10-18-42(40)48(43)37-15-5-2-6-16-37/h1-30H. The fraction of sp³-hybridized carbons (Fsp3) is 0. The Labute approximate surface area is 278 Å². The van der Waals surface area contributed by atoms with Gasteiger partial charge < -0.3 is 4.57 Å². The monoisotopic (exact) mass is 614 g/mol. The van der Waals surface area contributed by atoms with Crippen molar-refractivity contribution in [2.75, 3.05) is 4.90 Å². The summed E-state index contributed by atoms with van der Waals surface area (Å²) in [5.41, 5.74) is 9.85. The highest BCUT2D eigenvalue weighted by Crippen LogP contribution is 2.39. The van der Waals surface area contributed by atoms with E-state index in [1.165, 1.54) is 32.6 Å². The van der Waals surface area contributed by atoms with Gasteiger partial charge in [0.1, 0.15) is 0 Å². The molecule has 4 heteroatoms. The van der Waals surface area contributed by atoms with Crippen LogP contribution in [0.1, 0.15) is 0 Å². The Bertz CT molecular complexity index is 2540. The first-order valence-corrected chi connectivity index (χ1v) is 16.2. The van der Waals surface area contributed by atoms with Crippen molar-refractivity contribution in [3.63, 3.8) is 0 Å². The summed E-state index contributed by atoms with van der Waals surface area (Å²) >= 11 is 0. The van der Waals surface area contributed by atoms with E-state index in [0.29, 0.717) is 5.95 Å². The number of hydrogen-bond donors (Lipinski definition) is 0. The Morgan fingerprint density at radius 3 is 1.79 bits per heavy atom. The Kier molecular flexibility index (Phi) is 6.76. The molecule has 0 amide bonds. The fourth-order valence-corrected chi connectivity index (χ4v) is 6.72. The third-order valence-electron chi connectivity index (χ3n) is 9.08. The molecular weight excluding hydrogens is 585 g/mol. The third-order valence-corrected chi connectivity index (χ3v) is 9.08. The lowest BCUT2D eigenvalue weighted by molar-refractivity contribution is 1.08. The third kappa shape index (κ3) is 4.88. The average molecular weight is 615 g/mol. The van der Waals surface area contributed by atoms with Crippen molar-refractivity contribution in [2.45, 2.75) is 0 Å². The second kappa shape index (κ2) is 11.7. The highest BCUT2D eigenvalue weighted by molar-refractivity contribution is 6.10. The maximum absolute atomic E-state index is 4.93. The normalized spacial score (nSPS) is 11.3. The number of nitrogens with zero attached hydrogens (tertiary/aromatic N) is 4. The summed E-state index contributed by atoms with van der Waals surface area (Å²) in [5, 5.41) is 4.84. The maximum Gasteiger partial charge on any atom is 0.234 e. The zero-order valence-corrected chi connectivity index (χ0v) is 26.1. The van der Waals surface area contributed by atoms with E-state index >= 15 is 0 Å². The highest BCUT2D eigenvalue weighted by Gasteiger charge is 2.19. The minimum atomic E-state index is 0.610. The molecule has 4 nitrogen and oxygen atoms in total. The van der Waals surface area contributed by atoms with Crippen LogP contribution in [0.2, 0.25) is 0 Å². The zero-order valence-electron chi connectivity index (χ0n) is 26.1. The quantitative estimate of drug-likeness (QED) is 0.187. The SMILES string of the molecule is c1ccc(-c2cnc(N(c3ccc(-c4ccc5ccccc5c4)cc3)c3ccc4c(c3)c3ccccc3n4-c3ccccc3)nc2)cc1. The number of rotatable bonds is 6. The molecule has 0 atom stereocenters. The van der Waals surface area contributed by atoms with Gasteiger partial charge in [-0.2, -0.15) is 0 Å². The fourth-order valence-electron chi connectivity index (χ4n) is 6.72. The van der Waals surface area contributed by atoms with Crippen molar-refractivity contribution >= 4 is 49.9 Å². The molecule has 0 unspecified atom stereocenters. The Balaban J connectivity index is 1.18. The minimum absolute atomic E-state index is 0.610. The average Bonchev–Trinajstić information content (AvgIpc) is 3.50. The Morgan fingerprint density at radius 1 is 0.396 bits per heavy atom. The first-order chi connectivity index (χ1) is 23.8. The highest BCUT2D eigenvalue weighted by atomic mass is 15.3. The first kappa shape index (κ1) is 27.8. The van der Waals surface area contributed by atoms with Gasteiger partial charge >= 0.3 is 0 Å². The summed E-state index contributed by atoms with van der Waals surface area (Å²) in [4.78, 5) is 12.0. The number of anilines is 3. The molecule has 0 aliphatic rings. The number of aromatic nitrogens is 3. The van der Waals surface area contributed by atoms with Crippen LogP contribution in [0.5, 0.6) is 0 Å². The van der Waals surface area contributed by atoms with Crippen LogP contribution in [0.15, 0.2) is 182 Å². The molecule has 2 heterocycles. The second-order valence-corrected chi connectivity index (χ2v) is 12.0. The van der Waals surface area contributed by atoms with Crippen LogP contribution in [-0.2, 0) is 0 Å². The van der Waals surface area contributed by atoms with Crippen LogP contribution >= 0.6 is 0 Å². The van der Waals surface area contributed by atoms with E-state index < -0.39 is 0 Å². The number of para-hydroxylation sites is 2. The van der Waals surface area contributed by atoms with Crippen molar-refractivity contribution in [1.29, 1.82) is 0 Å². The molecule has 9 aromatic rings. The van der Waals surface area contributed by atoms with Crippen LogP contribution in [-0.4, -0.2) is 14.5 Å². The molecule has 0 saturated heterocycles. The van der Waals surface area contributed by atoms with Crippen molar-refractivity contribution in [3.05, 3.63) is 182 Å². The van der Waals surface area contributed by atoms with E-state index in [2.05, 4.69) is 161 Å². The largest absolute Gasteiger partial charge is 0.309 e. The lowest BCUT2D eigenvalue weighted by atomic mass is 10.0. The summed E-state index contributed by atoms with van der Waals surface area (Å²) in [6.07, 6.45) is 3.82. The van der Waals surface area contributed by atoms with E-state index in [-0.39, 0.29) is 0 Å². The van der Waals surface area contributed by atoms with Crippen molar-refractivity contribution in [3.8, 4) is 27.9 Å². The summed E-state index contributed by atoms with van der Waals surface area (Å²) in [6, 6.07) is 59.9. The van der Waals surface area contributed by atoms with Crippen molar-refractivity contribution in [1.82, 2.24) is 14.5 Å². The predicted octanol–water partition coefficient (Wildman–Crippen LogP) is 11.5. The first-order valence-electron chi connectivity index (χ1n) is 16.2. The summed E-state index contributed by atoms with van der Waals surface area (Å²) in [5.74, 6) is 0.610. The molecule has 226 valence electrons. The van der Waals surface area contributed by atoms with Gasteiger partial charge in [-0.3, -0.25) is 4.90 Å². The van der Waals surface area contributed by atoms with Crippen LogP contribution in [0.25, 0.3) is 60.5 Å². The van der Waals surface area contributed by atoms with E-state index in [9.17, 15) is 0 Å². The molecule has 0 fully saturated rings. The molecular formula is C44H30N4. The van der Waals surface area contributed by atoms with E-state index in [1.54, 1.807) is 0 Å². The van der Waals surface area contributed by atoms with Gasteiger partial charge in [0, 0.05) is 45.8 Å². The van der Waals surface area contributed by atoms with Gasteiger partial charge in [-0.15, -0.1) is 0 Å². The zero-order chi connectivity index (χ0) is 31.9. The van der Waals surface area contributed by atoms with Crippen LogP contribution in [0, 0.1) is 0 Å². The van der Waals surface area contributed by atoms with Gasteiger partial charge in [-0.25, -0.2) is 9.97 Å². The van der Waals surface area contributed by atoms with Gasteiger partial charge in [0.25, 0.3) is 0 Å². The summed E-state index contributed by atoms with van der Waals surface area (Å²) < 4.78 is 2.34.